The van der Waals surface area contributed by atoms with Crippen LogP contribution in [0.25, 0.3) is 11.0 Å². The van der Waals surface area contributed by atoms with Crippen LogP contribution in [0.15, 0.2) is 34.7 Å². The van der Waals surface area contributed by atoms with Crippen molar-refractivity contribution in [1.82, 2.24) is 5.32 Å². The van der Waals surface area contributed by atoms with E-state index in [4.69, 9.17) is 16.6 Å². The van der Waals surface area contributed by atoms with E-state index in [9.17, 15) is 0 Å². The predicted octanol–water partition coefficient (Wildman–Crippen LogP) is 2.05. The van der Waals surface area contributed by atoms with E-state index in [0.717, 1.165) is 23.3 Å². The first-order valence-corrected chi connectivity index (χ1v) is 5.70. The number of furan rings is 1. The molecule has 0 bridgehead atoms. The van der Waals surface area contributed by atoms with Crippen LogP contribution in [-0.2, 0) is 0 Å². The van der Waals surface area contributed by atoms with Crippen molar-refractivity contribution in [1.29, 1.82) is 0 Å². The summed E-state index contributed by atoms with van der Waals surface area (Å²) in [4.78, 5) is 0. The molecule has 0 amide bonds. The monoisotopic (exact) mass is 228 g/mol. The van der Waals surface area contributed by atoms with E-state index in [1.165, 1.54) is 0 Å². The minimum atomic E-state index is 0.0238. The zero-order chi connectivity index (χ0) is 12.1. The number of para-hydroxylation sites is 1. The largest absolute Gasteiger partial charge is 0.459 e. The van der Waals surface area contributed by atoms with Gasteiger partial charge < -0.3 is 15.5 Å². The molecule has 3 nitrogen and oxygen atoms in total. The molecule has 88 valence electrons. The number of nitrogens with two attached hydrogens (primary N) is 1. The van der Waals surface area contributed by atoms with Crippen molar-refractivity contribution in [2.45, 2.75) is 12.5 Å². The van der Waals surface area contributed by atoms with Gasteiger partial charge in [-0.2, -0.15) is 0 Å². The standard InChI is InChI=1S/C14H16N2O/c1-2-3-8-16-12(10-15)14-9-11-6-4-5-7-13(11)17-14/h1,4-7,9,12,16H,3,8,10,15H2. The molecule has 1 atom stereocenters. The van der Waals surface area contributed by atoms with Crippen LogP contribution in [0.2, 0.25) is 0 Å². The Labute approximate surface area is 101 Å². The number of fused-ring (bicyclic) bond motifs is 1. The number of hydrogen-bond donors (Lipinski definition) is 2. The van der Waals surface area contributed by atoms with Crippen LogP contribution in [0, 0.1) is 12.3 Å². The molecule has 2 aromatic rings. The number of benzene rings is 1. The molecule has 1 aromatic heterocycles. The Morgan fingerprint density at radius 1 is 1.41 bits per heavy atom. The molecular formula is C14H16N2O. The minimum absolute atomic E-state index is 0.0238. The highest BCUT2D eigenvalue weighted by atomic mass is 16.3. The molecule has 0 fully saturated rings. The SMILES string of the molecule is C#CCCNC(CN)c1cc2ccccc2o1. The molecule has 0 spiro atoms. The van der Waals surface area contributed by atoms with Crippen LogP contribution < -0.4 is 11.1 Å². The first kappa shape index (κ1) is 11.7. The Morgan fingerprint density at radius 2 is 2.24 bits per heavy atom. The van der Waals surface area contributed by atoms with E-state index >= 15 is 0 Å². The normalized spacial score (nSPS) is 12.5. The Morgan fingerprint density at radius 3 is 2.94 bits per heavy atom. The molecule has 0 saturated carbocycles. The summed E-state index contributed by atoms with van der Waals surface area (Å²) in [7, 11) is 0. The van der Waals surface area contributed by atoms with E-state index in [1.54, 1.807) is 0 Å². The molecule has 17 heavy (non-hydrogen) atoms. The summed E-state index contributed by atoms with van der Waals surface area (Å²) in [5.74, 6) is 3.46. The van der Waals surface area contributed by atoms with Crippen molar-refractivity contribution in [3.05, 3.63) is 36.1 Å². The van der Waals surface area contributed by atoms with E-state index in [2.05, 4.69) is 11.2 Å². The van der Waals surface area contributed by atoms with Crippen LogP contribution >= 0.6 is 0 Å². The summed E-state index contributed by atoms with van der Waals surface area (Å²) >= 11 is 0. The quantitative estimate of drug-likeness (QED) is 0.608. The molecule has 3 heteroatoms. The lowest BCUT2D eigenvalue weighted by Crippen LogP contribution is -2.28. The van der Waals surface area contributed by atoms with Gasteiger partial charge in [-0.1, -0.05) is 18.2 Å². The van der Waals surface area contributed by atoms with Gasteiger partial charge in [-0.15, -0.1) is 12.3 Å². The second-order valence-corrected chi connectivity index (χ2v) is 3.88. The summed E-state index contributed by atoms with van der Waals surface area (Å²) in [6, 6.07) is 9.97. The molecule has 0 saturated heterocycles. The zero-order valence-electron chi connectivity index (χ0n) is 9.65. The van der Waals surface area contributed by atoms with E-state index in [1.807, 2.05) is 30.3 Å². The Balaban J connectivity index is 2.16. The van der Waals surface area contributed by atoms with Gasteiger partial charge in [0.05, 0.1) is 6.04 Å². The Kier molecular flexibility index (Phi) is 3.81. The number of hydrogen-bond acceptors (Lipinski definition) is 3. The van der Waals surface area contributed by atoms with Gasteiger partial charge in [0.15, 0.2) is 0 Å². The van der Waals surface area contributed by atoms with Crippen LogP contribution in [0.3, 0.4) is 0 Å². The lowest BCUT2D eigenvalue weighted by Gasteiger charge is -2.12. The minimum Gasteiger partial charge on any atom is -0.459 e. The second kappa shape index (κ2) is 5.53. The molecule has 1 aromatic carbocycles. The maximum absolute atomic E-state index is 5.76. The molecular weight excluding hydrogens is 212 g/mol. The van der Waals surface area contributed by atoms with E-state index < -0.39 is 0 Å². The van der Waals surface area contributed by atoms with Gasteiger partial charge in [-0.25, -0.2) is 0 Å². The first-order chi connectivity index (χ1) is 8.35. The van der Waals surface area contributed by atoms with Gasteiger partial charge >= 0.3 is 0 Å². The van der Waals surface area contributed by atoms with Crippen LogP contribution in [0.4, 0.5) is 0 Å². The fourth-order valence-electron chi connectivity index (χ4n) is 1.79. The van der Waals surface area contributed by atoms with Crippen molar-refractivity contribution in [2.75, 3.05) is 13.1 Å². The molecule has 0 aliphatic rings. The molecule has 2 rings (SSSR count). The zero-order valence-corrected chi connectivity index (χ0v) is 9.65. The summed E-state index contributed by atoms with van der Waals surface area (Å²) in [5.41, 5.74) is 6.62. The van der Waals surface area contributed by atoms with E-state index in [-0.39, 0.29) is 6.04 Å². The van der Waals surface area contributed by atoms with Gasteiger partial charge in [-0.05, 0) is 12.1 Å². The fraction of sp³-hybridized carbons (Fsp3) is 0.286. The molecule has 0 aliphatic carbocycles. The number of nitrogens with one attached hydrogen (secondary N) is 1. The summed E-state index contributed by atoms with van der Waals surface area (Å²) in [6.07, 6.45) is 5.90. The Hall–Kier alpha value is -1.76. The van der Waals surface area contributed by atoms with Gasteiger partial charge in [0.1, 0.15) is 11.3 Å². The van der Waals surface area contributed by atoms with Gasteiger partial charge in [0.2, 0.25) is 0 Å². The highest BCUT2D eigenvalue weighted by molar-refractivity contribution is 5.77. The van der Waals surface area contributed by atoms with Crippen LogP contribution in [-0.4, -0.2) is 13.1 Å². The molecule has 3 N–H and O–H groups in total. The highest BCUT2D eigenvalue weighted by Gasteiger charge is 2.13. The lowest BCUT2D eigenvalue weighted by atomic mass is 10.2. The molecule has 1 heterocycles. The molecule has 0 radical (unpaired) electrons. The lowest BCUT2D eigenvalue weighted by molar-refractivity contribution is 0.439. The third kappa shape index (κ3) is 2.68. The third-order valence-corrected chi connectivity index (χ3v) is 2.68. The van der Waals surface area contributed by atoms with Crippen molar-refractivity contribution < 1.29 is 4.42 Å². The van der Waals surface area contributed by atoms with Crippen molar-refractivity contribution in [3.8, 4) is 12.3 Å². The average molecular weight is 228 g/mol. The fourth-order valence-corrected chi connectivity index (χ4v) is 1.79. The maximum Gasteiger partial charge on any atom is 0.134 e. The van der Waals surface area contributed by atoms with Gasteiger partial charge in [0, 0.05) is 24.9 Å². The average Bonchev–Trinajstić information content (AvgIpc) is 2.78. The van der Waals surface area contributed by atoms with Gasteiger partial charge in [0.25, 0.3) is 0 Å². The summed E-state index contributed by atoms with van der Waals surface area (Å²) in [6.45, 7) is 1.24. The smallest absolute Gasteiger partial charge is 0.134 e. The van der Waals surface area contributed by atoms with Crippen molar-refractivity contribution in [3.63, 3.8) is 0 Å². The van der Waals surface area contributed by atoms with Gasteiger partial charge in [-0.3, -0.25) is 0 Å². The van der Waals surface area contributed by atoms with Crippen molar-refractivity contribution >= 4 is 11.0 Å². The van der Waals surface area contributed by atoms with E-state index in [0.29, 0.717) is 13.0 Å². The molecule has 0 aliphatic heterocycles. The molecule has 1 unspecified atom stereocenters. The van der Waals surface area contributed by atoms with Crippen LogP contribution in [0.1, 0.15) is 18.2 Å². The maximum atomic E-state index is 5.76. The van der Waals surface area contributed by atoms with Crippen LogP contribution in [0.5, 0.6) is 0 Å². The summed E-state index contributed by atoms with van der Waals surface area (Å²) < 4.78 is 5.76. The first-order valence-electron chi connectivity index (χ1n) is 5.70. The number of rotatable bonds is 5. The topological polar surface area (TPSA) is 51.2 Å². The predicted molar refractivity (Wildman–Crippen MR) is 69.5 cm³/mol. The second-order valence-electron chi connectivity index (χ2n) is 3.88. The summed E-state index contributed by atoms with van der Waals surface area (Å²) in [5, 5.41) is 4.38. The van der Waals surface area contributed by atoms with Crippen molar-refractivity contribution in [2.24, 2.45) is 5.73 Å². The Bertz CT molecular complexity index is 491. The highest BCUT2D eigenvalue weighted by Crippen LogP contribution is 2.23. The third-order valence-electron chi connectivity index (χ3n) is 2.68. The number of terminal acetylenes is 1.